The molecule has 0 aromatic heterocycles. The molecule has 0 heterocycles. The number of hydrogen-bond donors (Lipinski definition) is 1. The Kier molecular flexibility index (Phi) is 5.90. The lowest BCUT2D eigenvalue weighted by Crippen LogP contribution is -2.26. The van der Waals surface area contributed by atoms with Gasteiger partial charge < -0.3 is 14.8 Å². The SMILES string of the molecule is CCOC(C)CNCc1ccc(OC)cc1. The Labute approximate surface area is 97.8 Å². The van der Waals surface area contributed by atoms with Crippen molar-refractivity contribution in [3.8, 4) is 5.75 Å². The molecule has 3 nitrogen and oxygen atoms in total. The second kappa shape index (κ2) is 7.25. The van der Waals surface area contributed by atoms with Crippen molar-refractivity contribution in [3.05, 3.63) is 29.8 Å². The van der Waals surface area contributed by atoms with Gasteiger partial charge in [-0.15, -0.1) is 0 Å². The molecule has 1 aromatic rings. The van der Waals surface area contributed by atoms with Crippen LogP contribution in [0.1, 0.15) is 19.4 Å². The van der Waals surface area contributed by atoms with E-state index < -0.39 is 0 Å². The second-order valence-corrected chi connectivity index (χ2v) is 3.74. The second-order valence-electron chi connectivity index (χ2n) is 3.74. The highest BCUT2D eigenvalue weighted by atomic mass is 16.5. The van der Waals surface area contributed by atoms with Crippen LogP contribution in [0.25, 0.3) is 0 Å². The van der Waals surface area contributed by atoms with Gasteiger partial charge in [-0.3, -0.25) is 0 Å². The van der Waals surface area contributed by atoms with Crippen LogP contribution >= 0.6 is 0 Å². The Morgan fingerprint density at radius 1 is 1.25 bits per heavy atom. The van der Waals surface area contributed by atoms with E-state index in [1.54, 1.807) is 7.11 Å². The molecule has 1 rings (SSSR count). The fraction of sp³-hybridized carbons (Fsp3) is 0.538. The number of ether oxygens (including phenoxy) is 2. The molecule has 1 unspecified atom stereocenters. The molecule has 1 aromatic carbocycles. The molecule has 0 spiro atoms. The highest BCUT2D eigenvalue weighted by Gasteiger charge is 2.00. The summed E-state index contributed by atoms with van der Waals surface area (Å²) in [4.78, 5) is 0. The molecule has 16 heavy (non-hydrogen) atoms. The number of benzene rings is 1. The summed E-state index contributed by atoms with van der Waals surface area (Å²) in [6, 6.07) is 8.08. The van der Waals surface area contributed by atoms with Crippen LogP contribution in [0.2, 0.25) is 0 Å². The average molecular weight is 223 g/mol. The molecule has 0 fully saturated rings. The van der Waals surface area contributed by atoms with Gasteiger partial charge in [-0.2, -0.15) is 0 Å². The van der Waals surface area contributed by atoms with Crippen LogP contribution in [0.4, 0.5) is 0 Å². The van der Waals surface area contributed by atoms with Gasteiger partial charge in [0, 0.05) is 19.7 Å². The Balaban J connectivity index is 2.26. The third-order valence-electron chi connectivity index (χ3n) is 2.37. The predicted octanol–water partition coefficient (Wildman–Crippen LogP) is 2.21. The minimum absolute atomic E-state index is 0.267. The lowest BCUT2D eigenvalue weighted by molar-refractivity contribution is 0.0759. The van der Waals surface area contributed by atoms with Gasteiger partial charge in [0.05, 0.1) is 13.2 Å². The van der Waals surface area contributed by atoms with E-state index in [9.17, 15) is 0 Å². The number of rotatable bonds is 7. The number of hydrogen-bond acceptors (Lipinski definition) is 3. The molecule has 1 N–H and O–H groups in total. The maximum absolute atomic E-state index is 5.43. The topological polar surface area (TPSA) is 30.5 Å². The van der Waals surface area contributed by atoms with Crippen molar-refractivity contribution in [2.24, 2.45) is 0 Å². The average Bonchev–Trinajstić information content (AvgIpc) is 2.30. The predicted molar refractivity (Wildman–Crippen MR) is 65.8 cm³/mol. The standard InChI is InChI=1S/C13H21NO2/c1-4-16-11(2)9-14-10-12-5-7-13(15-3)8-6-12/h5-8,11,14H,4,9-10H2,1-3H3. The summed E-state index contributed by atoms with van der Waals surface area (Å²) < 4.78 is 10.5. The lowest BCUT2D eigenvalue weighted by Gasteiger charge is -2.12. The van der Waals surface area contributed by atoms with Crippen LogP contribution in [0.3, 0.4) is 0 Å². The lowest BCUT2D eigenvalue weighted by atomic mass is 10.2. The van der Waals surface area contributed by atoms with Crippen molar-refractivity contribution < 1.29 is 9.47 Å². The minimum atomic E-state index is 0.267. The third-order valence-corrected chi connectivity index (χ3v) is 2.37. The number of methoxy groups -OCH3 is 1. The van der Waals surface area contributed by atoms with E-state index >= 15 is 0 Å². The van der Waals surface area contributed by atoms with E-state index in [4.69, 9.17) is 9.47 Å². The van der Waals surface area contributed by atoms with E-state index in [-0.39, 0.29) is 6.10 Å². The summed E-state index contributed by atoms with van der Waals surface area (Å²) in [6.45, 7) is 6.59. The highest BCUT2D eigenvalue weighted by Crippen LogP contribution is 2.10. The smallest absolute Gasteiger partial charge is 0.118 e. The Bertz CT molecular complexity index is 284. The fourth-order valence-corrected chi connectivity index (χ4v) is 1.51. The zero-order valence-corrected chi connectivity index (χ0v) is 10.3. The van der Waals surface area contributed by atoms with E-state index in [0.29, 0.717) is 0 Å². The molecular formula is C13H21NO2. The Hall–Kier alpha value is -1.06. The van der Waals surface area contributed by atoms with Gasteiger partial charge in [0.25, 0.3) is 0 Å². The zero-order chi connectivity index (χ0) is 11.8. The molecule has 0 aliphatic heterocycles. The number of nitrogens with one attached hydrogen (secondary N) is 1. The molecule has 0 saturated carbocycles. The maximum atomic E-state index is 5.43. The van der Waals surface area contributed by atoms with Crippen LogP contribution in [0, 0.1) is 0 Å². The first kappa shape index (κ1) is 13.0. The van der Waals surface area contributed by atoms with Crippen LogP contribution in [-0.2, 0) is 11.3 Å². The van der Waals surface area contributed by atoms with Gasteiger partial charge in [-0.25, -0.2) is 0 Å². The zero-order valence-electron chi connectivity index (χ0n) is 10.3. The van der Waals surface area contributed by atoms with Gasteiger partial charge in [0.15, 0.2) is 0 Å². The van der Waals surface area contributed by atoms with Gasteiger partial charge in [0.1, 0.15) is 5.75 Å². The van der Waals surface area contributed by atoms with Crippen molar-refractivity contribution >= 4 is 0 Å². The summed E-state index contributed by atoms with van der Waals surface area (Å²) in [5.74, 6) is 0.895. The van der Waals surface area contributed by atoms with Crippen LogP contribution in [-0.4, -0.2) is 26.4 Å². The van der Waals surface area contributed by atoms with Crippen molar-refractivity contribution in [2.45, 2.75) is 26.5 Å². The monoisotopic (exact) mass is 223 g/mol. The Morgan fingerprint density at radius 3 is 2.50 bits per heavy atom. The van der Waals surface area contributed by atoms with Gasteiger partial charge in [-0.1, -0.05) is 12.1 Å². The van der Waals surface area contributed by atoms with Crippen LogP contribution in [0.5, 0.6) is 5.75 Å². The molecule has 0 aliphatic carbocycles. The summed E-state index contributed by atoms with van der Waals surface area (Å²) in [5.41, 5.74) is 1.25. The first-order chi connectivity index (χ1) is 7.76. The molecule has 0 amide bonds. The summed E-state index contributed by atoms with van der Waals surface area (Å²) >= 11 is 0. The van der Waals surface area contributed by atoms with Gasteiger partial charge >= 0.3 is 0 Å². The molecular weight excluding hydrogens is 202 g/mol. The maximum Gasteiger partial charge on any atom is 0.118 e. The largest absolute Gasteiger partial charge is 0.497 e. The van der Waals surface area contributed by atoms with Crippen LogP contribution < -0.4 is 10.1 Å². The summed E-state index contributed by atoms with van der Waals surface area (Å²) in [7, 11) is 1.68. The van der Waals surface area contributed by atoms with Gasteiger partial charge in [0.2, 0.25) is 0 Å². The highest BCUT2D eigenvalue weighted by molar-refractivity contribution is 5.26. The molecule has 1 atom stereocenters. The normalized spacial score (nSPS) is 12.4. The van der Waals surface area contributed by atoms with E-state index in [1.807, 2.05) is 19.1 Å². The summed E-state index contributed by atoms with van der Waals surface area (Å²) in [5, 5.41) is 3.36. The fourth-order valence-electron chi connectivity index (χ4n) is 1.51. The molecule has 90 valence electrons. The van der Waals surface area contributed by atoms with Crippen molar-refractivity contribution in [2.75, 3.05) is 20.3 Å². The van der Waals surface area contributed by atoms with E-state index in [2.05, 4.69) is 24.4 Å². The quantitative estimate of drug-likeness (QED) is 0.768. The van der Waals surface area contributed by atoms with Crippen molar-refractivity contribution in [3.63, 3.8) is 0 Å². The van der Waals surface area contributed by atoms with Crippen molar-refractivity contribution in [1.82, 2.24) is 5.32 Å². The first-order valence-corrected chi connectivity index (χ1v) is 5.71. The molecule has 0 aliphatic rings. The van der Waals surface area contributed by atoms with Crippen molar-refractivity contribution in [1.29, 1.82) is 0 Å². The molecule has 0 bridgehead atoms. The molecule has 3 heteroatoms. The summed E-state index contributed by atoms with van der Waals surface area (Å²) in [6.07, 6.45) is 0.267. The van der Waals surface area contributed by atoms with Crippen LogP contribution in [0.15, 0.2) is 24.3 Å². The van der Waals surface area contributed by atoms with E-state index in [0.717, 1.165) is 25.4 Å². The molecule has 0 saturated heterocycles. The van der Waals surface area contributed by atoms with Gasteiger partial charge in [-0.05, 0) is 31.5 Å². The Morgan fingerprint density at radius 2 is 1.94 bits per heavy atom. The minimum Gasteiger partial charge on any atom is -0.497 e. The van der Waals surface area contributed by atoms with E-state index in [1.165, 1.54) is 5.56 Å². The molecule has 0 radical (unpaired) electrons. The first-order valence-electron chi connectivity index (χ1n) is 5.71. The third kappa shape index (κ3) is 4.64.